The number of anilines is 1. The molecule has 1 atom stereocenters. The van der Waals surface area contributed by atoms with Gasteiger partial charge >= 0.3 is 0 Å². The molecule has 0 saturated heterocycles. The number of carbonyl (C=O) groups excluding carboxylic acids is 2. The smallest absolute Gasteiger partial charge is 0.243 e. The van der Waals surface area contributed by atoms with Gasteiger partial charge in [-0.1, -0.05) is 38.0 Å². The van der Waals surface area contributed by atoms with E-state index in [1.54, 1.807) is 4.90 Å². The second-order valence-electron chi connectivity index (χ2n) is 5.96. The number of rotatable bonds is 3. The van der Waals surface area contributed by atoms with E-state index in [-0.39, 0.29) is 17.9 Å². The zero-order valence-corrected chi connectivity index (χ0v) is 12.5. The Morgan fingerprint density at radius 3 is 2.67 bits per heavy atom. The zero-order valence-electron chi connectivity index (χ0n) is 12.5. The van der Waals surface area contributed by atoms with Crippen molar-refractivity contribution in [3.05, 3.63) is 29.8 Å². The Hall–Kier alpha value is -1.84. The summed E-state index contributed by atoms with van der Waals surface area (Å²) in [6.07, 6.45) is 5.54. The second kappa shape index (κ2) is 5.88. The molecule has 112 valence electrons. The van der Waals surface area contributed by atoms with Gasteiger partial charge in [0.05, 0.1) is 0 Å². The third-order valence-electron chi connectivity index (χ3n) is 4.55. The Balaban J connectivity index is 1.81. The van der Waals surface area contributed by atoms with Gasteiger partial charge < -0.3 is 5.32 Å². The molecule has 1 N–H and O–H groups in total. The van der Waals surface area contributed by atoms with Gasteiger partial charge in [0, 0.05) is 24.6 Å². The fourth-order valence-electron chi connectivity index (χ4n) is 3.44. The molecular weight excluding hydrogens is 264 g/mol. The summed E-state index contributed by atoms with van der Waals surface area (Å²) in [5.41, 5.74) is 1.99. The molecule has 1 aliphatic carbocycles. The summed E-state index contributed by atoms with van der Waals surface area (Å²) in [4.78, 5) is 26.6. The molecule has 1 aliphatic heterocycles. The maximum Gasteiger partial charge on any atom is 0.243 e. The first-order valence-corrected chi connectivity index (χ1v) is 7.91. The molecule has 2 amide bonds. The van der Waals surface area contributed by atoms with Gasteiger partial charge in [0.15, 0.2) is 0 Å². The molecule has 2 aliphatic rings. The number of benzene rings is 1. The quantitative estimate of drug-likeness (QED) is 0.927. The first kappa shape index (κ1) is 14.1. The van der Waals surface area contributed by atoms with Crippen LogP contribution in [0.5, 0.6) is 0 Å². The molecule has 1 aromatic carbocycles. The van der Waals surface area contributed by atoms with Gasteiger partial charge in [-0.3, -0.25) is 14.5 Å². The van der Waals surface area contributed by atoms with Crippen LogP contribution in [-0.2, 0) is 16.0 Å². The second-order valence-corrected chi connectivity index (χ2v) is 5.96. The van der Waals surface area contributed by atoms with E-state index < -0.39 is 0 Å². The summed E-state index contributed by atoms with van der Waals surface area (Å²) in [6, 6.07) is 7.74. The van der Waals surface area contributed by atoms with E-state index in [1.807, 2.05) is 31.2 Å². The van der Waals surface area contributed by atoms with E-state index in [4.69, 9.17) is 0 Å². The molecule has 0 bridgehead atoms. The number of para-hydroxylation sites is 1. The summed E-state index contributed by atoms with van der Waals surface area (Å²) in [6.45, 7) is 1.84. The third kappa shape index (κ3) is 2.67. The van der Waals surface area contributed by atoms with Crippen molar-refractivity contribution in [2.45, 2.75) is 57.5 Å². The van der Waals surface area contributed by atoms with Crippen molar-refractivity contribution in [2.75, 3.05) is 4.90 Å². The average Bonchev–Trinajstić information content (AvgIpc) is 3.13. The van der Waals surface area contributed by atoms with Crippen molar-refractivity contribution >= 4 is 17.5 Å². The van der Waals surface area contributed by atoms with Crippen LogP contribution in [0.4, 0.5) is 5.69 Å². The Bertz CT molecular complexity index is 549. The van der Waals surface area contributed by atoms with Crippen molar-refractivity contribution in [1.29, 1.82) is 0 Å². The summed E-state index contributed by atoms with van der Waals surface area (Å²) < 4.78 is 0. The monoisotopic (exact) mass is 286 g/mol. The lowest BCUT2D eigenvalue weighted by molar-refractivity contribution is -0.126. The van der Waals surface area contributed by atoms with E-state index in [0.717, 1.165) is 24.1 Å². The van der Waals surface area contributed by atoms with E-state index in [2.05, 4.69) is 5.32 Å². The van der Waals surface area contributed by atoms with Crippen LogP contribution in [0.15, 0.2) is 24.3 Å². The Labute approximate surface area is 125 Å². The number of fused-ring (bicyclic) bond motifs is 1. The topological polar surface area (TPSA) is 49.4 Å². The molecule has 0 unspecified atom stereocenters. The molecule has 1 fully saturated rings. The molecule has 4 heteroatoms. The van der Waals surface area contributed by atoms with E-state index in [0.29, 0.717) is 18.9 Å². The average molecular weight is 286 g/mol. The minimum atomic E-state index is -0.379. The largest absolute Gasteiger partial charge is 0.352 e. The highest BCUT2D eigenvalue weighted by Crippen LogP contribution is 2.33. The molecule has 1 saturated carbocycles. The molecule has 1 heterocycles. The van der Waals surface area contributed by atoms with Crippen LogP contribution in [0.2, 0.25) is 0 Å². The van der Waals surface area contributed by atoms with Crippen LogP contribution in [-0.4, -0.2) is 23.9 Å². The highest BCUT2D eigenvalue weighted by molar-refractivity contribution is 6.03. The van der Waals surface area contributed by atoms with Gasteiger partial charge in [0.1, 0.15) is 6.04 Å². The van der Waals surface area contributed by atoms with Gasteiger partial charge in [-0.25, -0.2) is 0 Å². The number of nitrogens with one attached hydrogen (secondary N) is 1. The van der Waals surface area contributed by atoms with Crippen molar-refractivity contribution in [1.82, 2.24) is 5.32 Å². The molecule has 0 aromatic heterocycles. The van der Waals surface area contributed by atoms with Crippen molar-refractivity contribution in [2.24, 2.45) is 0 Å². The van der Waals surface area contributed by atoms with Crippen LogP contribution >= 0.6 is 0 Å². The number of nitrogens with zero attached hydrogens (tertiary/aromatic N) is 1. The van der Waals surface area contributed by atoms with E-state index in [9.17, 15) is 9.59 Å². The summed E-state index contributed by atoms with van der Waals surface area (Å²) in [5.74, 6) is 0.0198. The Kier molecular flexibility index (Phi) is 3.95. The lowest BCUT2D eigenvalue weighted by atomic mass is 10.1. The molecule has 3 rings (SSSR count). The van der Waals surface area contributed by atoms with Crippen LogP contribution < -0.4 is 10.2 Å². The van der Waals surface area contributed by atoms with E-state index in [1.165, 1.54) is 12.8 Å². The Morgan fingerprint density at radius 2 is 1.95 bits per heavy atom. The van der Waals surface area contributed by atoms with Crippen molar-refractivity contribution < 1.29 is 9.59 Å². The summed E-state index contributed by atoms with van der Waals surface area (Å²) in [7, 11) is 0. The predicted molar refractivity (Wildman–Crippen MR) is 82.1 cm³/mol. The highest BCUT2D eigenvalue weighted by Gasteiger charge is 2.38. The SMILES string of the molecule is CCC(=O)N1c2ccccc2C[C@@H]1C(=O)NC1CCCC1. The maximum absolute atomic E-state index is 12.6. The summed E-state index contributed by atoms with van der Waals surface area (Å²) in [5, 5.41) is 3.13. The maximum atomic E-state index is 12.6. The van der Waals surface area contributed by atoms with Crippen molar-refractivity contribution in [3.63, 3.8) is 0 Å². The molecule has 1 aromatic rings. The standard InChI is InChI=1S/C17H22N2O2/c1-2-16(20)19-14-10-6-3-7-12(14)11-15(19)17(21)18-13-8-4-5-9-13/h3,6-7,10,13,15H,2,4-5,8-9,11H2,1H3,(H,18,21)/t15-/m1/s1. The fraction of sp³-hybridized carbons (Fsp3) is 0.529. The van der Waals surface area contributed by atoms with Crippen LogP contribution in [0.1, 0.15) is 44.6 Å². The molecule has 0 spiro atoms. The van der Waals surface area contributed by atoms with Gasteiger partial charge in [0.25, 0.3) is 0 Å². The van der Waals surface area contributed by atoms with Gasteiger partial charge in [-0.2, -0.15) is 0 Å². The van der Waals surface area contributed by atoms with Gasteiger partial charge in [0.2, 0.25) is 11.8 Å². The zero-order chi connectivity index (χ0) is 14.8. The highest BCUT2D eigenvalue weighted by atomic mass is 16.2. The molecular formula is C17H22N2O2. The normalized spacial score (nSPS) is 21.4. The van der Waals surface area contributed by atoms with Gasteiger partial charge in [-0.15, -0.1) is 0 Å². The number of amides is 2. The first-order valence-electron chi connectivity index (χ1n) is 7.91. The van der Waals surface area contributed by atoms with E-state index >= 15 is 0 Å². The first-order chi connectivity index (χ1) is 10.2. The number of carbonyl (C=O) groups is 2. The third-order valence-corrected chi connectivity index (χ3v) is 4.55. The number of hydrogen-bond acceptors (Lipinski definition) is 2. The lowest BCUT2D eigenvalue weighted by Gasteiger charge is -2.25. The fourth-order valence-corrected chi connectivity index (χ4v) is 3.44. The molecule has 4 nitrogen and oxygen atoms in total. The minimum Gasteiger partial charge on any atom is -0.352 e. The van der Waals surface area contributed by atoms with Crippen LogP contribution in [0, 0.1) is 0 Å². The predicted octanol–water partition coefficient (Wildman–Crippen LogP) is 2.41. The number of hydrogen-bond donors (Lipinski definition) is 1. The lowest BCUT2D eigenvalue weighted by Crippen LogP contribution is -2.50. The van der Waals surface area contributed by atoms with Crippen LogP contribution in [0.25, 0.3) is 0 Å². The minimum absolute atomic E-state index is 0.0000926. The van der Waals surface area contributed by atoms with Crippen molar-refractivity contribution in [3.8, 4) is 0 Å². The van der Waals surface area contributed by atoms with Gasteiger partial charge in [-0.05, 0) is 24.5 Å². The molecule has 21 heavy (non-hydrogen) atoms. The molecule has 0 radical (unpaired) electrons. The Morgan fingerprint density at radius 1 is 1.24 bits per heavy atom. The summed E-state index contributed by atoms with van der Waals surface area (Å²) >= 11 is 0. The van der Waals surface area contributed by atoms with Crippen LogP contribution in [0.3, 0.4) is 0 Å².